The number of hydrogen-bond acceptors (Lipinski definition) is 4. The minimum atomic E-state index is 0.522. The van der Waals surface area contributed by atoms with Crippen LogP contribution in [0.1, 0.15) is 31.2 Å². The first-order chi connectivity index (χ1) is 9.22. The van der Waals surface area contributed by atoms with Crippen LogP contribution in [0.4, 0.5) is 0 Å². The molecule has 1 unspecified atom stereocenters. The van der Waals surface area contributed by atoms with Gasteiger partial charge in [0.05, 0.1) is 11.4 Å². The summed E-state index contributed by atoms with van der Waals surface area (Å²) < 4.78 is 0. The third-order valence-electron chi connectivity index (χ3n) is 3.93. The monoisotopic (exact) mass is 262 g/mol. The average Bonchev–Trinajstić information content (AvgIpc) is 2.60. The van der Waals surface area contributed by atoms with Gasteiger partial charge in [-0.3, -0.25) is 9.88 Å². The minimum Gasteiger partial charge on any atom is -0.325 e. The summed E-state index contributed by atoms with van der Waals surface area (Å²) in [6, 6.07) is 6.81. The third-order valence-corrected chi connectivity index (χ3v) is 3.93. The number of rotatable bonds is 4. The summed E-state index contributed by atoms with van der Waals surface area (Å²) in [7, 11) is 2.22. The SMILES string of the molecule is CCC1CN(C)CCCN1Cc1cccc(CN)n1. The highest BCUT2D eigenvalue weighted by molar-refractivity contribution is 5.11. The van der Waals surface area contributed by atoms with Crippen molar-refractivity contribution in [2.24, 2.45) is 5.73 Å². The van der Waals surface area contributed by atoms with Crippen LogP contribution < -0.4 is 5.73 Å². The Balaban J connectivity index is 2.06. The number of likely N-dealkylation sites (N-methyl/N-ethyl adjacent to an activating group) is 1. The summed E-state index contributed by atoms with van der Waals surface area (Å²) in [5, 5.41) is 0. The normalized spacial score (nSPS) is 22.4. The van der Waals surface area contributed by atoms with Crippen LogP contribution in [-0.2, 0) is 13.1 Å². The van der Waals surface area contributed by atoms with Crippen molar-refractivity contribution < 1.29 is 0 Å². The minimum absolute atomic E-state index is 0.522. The summed E-state index contributed by atoms with van der Waals surface area (Å²) in [4.78, 5) is 9.64. The predicted octanol–water partition coefficient (Wildman–Crippen LogP) is 1.46. The standard InChI is InChI=1S/C15H26N4/c1-3-15-12-18(2)8-5-9-19(15)11-14-7-4-6-13(10-16)17-14/h4,6-7,15H,3,5,8-12,16H2,1-2H3. The fourth-order valence-electron chi connectivity index (χ4n) is 2.83. The maximum absolute atomic E-state index is 5.67. The van der Waals surface area contributed by atoms with Gasteiger partial charge >= 0.3 is 0 Å². The Morgan fingerprint density at radius 3 is 2.84 bits per heavy atom. The molecule has 4 heteroatoms. The number of nitrogens with two attached hydrogens (primary N) is 1. The van der Waals surface area contributed by atoms with E-state index in [0.717, 1.165) is 31.0 Å². The molecule has 4 nitrogen and oxygen atoms in total. The van der Waals surface area contributed by atoms with Crippen LogP contribution in [0, 0.1) is 0 Å². The van der Waals surface area contributed by atoms with Crippen LogP contribution in [0.3, 0.4) is 0 Å². The Morgan fingerprint density at radius 1 is 1.32 bits per heavy atom. The number of nitrogens with zero attached hydrogens (tertiary/aromatic N) is 3. The average molecular weight is 262 g/mol. The van der Waals surface area contributed by atoms with E-state index in [2.05, 4.69) is 40.9 Å². The summed E-state index contributed by atoms with van der Waals surface area (Å²) in [5.74, 6) is 0. The lowest BCUT2D eigenvalue weighted by molar-refractivity contribution is 0.174. The van der Waals surface area contributed by atoms with Gasteiger partial charge in [0.1, 0.15) is 0 Å². The van der Waals surface area contributed by atoms with Crippen molar-refractivity contribution in [2.45, 2.75) is 38.9 Å². The zero-order valence-electron chi connectivity index (χ0n) is 12.2. The van der Waals surface area contributed by atoms with E-state index in [4.69, 9.17) is 5.73 Å². The van der Waals surface area contributed by atoms with Crippen molar-refractivity contribution in [1.82, 2.24) is 14.8 Å². The van der Waals surface area contributed by atoms with Crippen molar-refractivity contribution in [2.75, 3.05) is 26.7 Å². The largest absolute Gasteiger partial charge is 0.325 e. The van der Waals surface area contributed by atoms with Crippen LogP contribution in [0.25, 0.3) is 0 Å². The smallest absolute Gasteiger partial charge is 0.0547 e. The first kappa shape index (κ1) is 14.4. The van der Waals surface area contributed by atoms with Gasteiger partial charge < -0.3 is 10.6 Å². The van der Waals surface area contributed by atoms with Crippen molar-refractivity contribution in [3.05, 3.63) is 29.6 Å². The quantitative estimate of drug-likeness (QED) is 0.892. The lowest BCUT2D eigenvalue weighted by Crippen LogP contribution is -2.39. The molecule has 1 aromatic heterocycles. The predicted molar refractivity (Wildman–Crippen MR) is 78.7 cm³/mol. The maximum Gasteiger partial charge on any atom is 0.0547 e. The molecular formula is C15H26N4. The molecule has 0 aliphatic carbocycles. The number of pyridine rings is 1. The fourth-order valence-corrected chi connectivity index (χ4v) is 2.83. The van der Waals surface area contributed by atoms with Gasteiger partial charge in [-0.1, -0.05) is 13.0 Å². The lowest BCUT2D eigenvalue weighted by atomic mass is 10.1. The number of hydrogen-bond donors (Lipinski definition) is 1. The first-order valence-electron chi connectivity index (χ1n) is 7.30. The number of aromatic nitrogens is 1. The highest BCUT2D eigenvalue weighted by Gasteiger charge is 2.22. The summed E-state index contributed by atoms with van der Waals surface area (Å²) in [5.41, 5.74) is 7.79. The Hall–Kier alpha value is -0.970. The van der Waals surface area contributed by atoms with Crippen molar-refractivity contribution >= 4 is 0 Å². The second kappa shape index (κ2) is 6.98. The molecule has 2 N–H and O–H groups in total. The van der Waals surface area contributed by atoms with E-state index in [1.54, 1.807) is 0 Å². The molecule has 1 aromatic rings. The van der Waals surface area contributed by atoms with Crippen LogP contribution >= 0.6 is 0 Å². The molecule has 0 aromatic carbocycles. The highest BCUT2D eigenvalue weighted by Crippen LogP contribution is 2.15. The van der Waals surface area contributed by atoms with Gasteiger partial charge in [0.15, 0.2) is 0 Å². The molecule has 0 spiro atoms. The van der Waals surface area contributed by atoms with Crippen LogP contribution in [0.2, 0.25) is 0 Å². The molecule has 0 saturated carbocycles. The molecule has 0 amide bonds. The van der Waals surface area contributed by atoms with Crippen molar-refractivity contribution in [3.63, 3.8) is 0 Å². The summed E-state index contributed by atoms with van der Waals surface area (Å²) in [6.07, 6.45) is 2.44. The van der Waals surface area contributed by atoms with E-state index in [1.807, 2.05) is 6.07 Å². The second-order valence-corrected chi connectivity index (χ2v) is 5.47. The lowest BCUT2D eigenvalue weighted by Gasteiger charge is -2.29. The van der Waals surface area contributed by atoms with E-state index in [0.29, 0.717) is 12.6 Å². The van der Waals surface area contributed by atoms with E-state index in [1.165, 1.54) is 19.4 Å². The van der Waals surface area contributed by atoms with Gasteiger partial charge in [0.25, 0.3) is 0 Å². The Bertz CT molecular complexity index is 393. The first-order valence-corrected chi connectivity index (χ1v) is 7.30. The molecule has 1 aliphatic rings. The van der Waals surface area contributed by atoms with Gasteiger partial charge in [-0.2, -0.15) is 0 Å². The Kier molecular flexibility index (Phi) is 5.31. The van der Waals surface area contributed by atoms with E-state index in [-0.39, 0.29) is 0 Å². The molecule has 106 valence electrons. The van der Waals surface area contributed by atoms with Gasteiger partial charge in [0, 0.05) is 32.2 Å². The molecule has 0 radical (unpaired) electrons. The zero-order chi connectivity index (χ0) is 13.7. The Labute approximate surface area is 116 Å². The van der Waals surface area contributed by atoms with Crippen molar-refractivity contribution in [3.8, 4) is 0 Å². The molecule has 1 atom stereocenters. The molecule has 19 heavy (non-hydrogen) atoms. The van der Waals surface area contributed by atoms with Gasteiger partial charge in [-0.05, 0) is 38.6 Å². The van der Waals surface area contributed by atoms with Gasteiger partial charge in [0.2, 0.25) is 0 Å². The molecule has 2 heterocycles. The summed E-state index contributed by atoms with van der Waals surface area (Å²) in [6.45, 7) is 7.27. The topological polar surface area (TPSA) is 45.4 Å². The van der Waals surface area contributed by atoms with E-state index in [9.17, 15) is 0 Å². The van der Waals surface area contributed by atoms with E-state index >= 15 is 0 Å². The third kappa shape index (κ3) is 4.00. The zero-order valence-corrected chi connectivity index (χ0v) is 12.2. The van der Waals surface area contributed by atoms with Gasteiger partial charge in [-0.25, -0.2) is 0 Å². The second-order valence-electron chi connectivity index (χ2n) is 5.47. The fraction of sp³-hybridized carbons (Fsp3) is 0.667. The van der Waals surface area contributed by atoms with E-state index < -0.39 is 0 Å². The molecule has 1 saturated heterocycles. The Morgan fingerprint density at radius 2 is 2.11 bits per heavy atom. The van der Waals surface area contributed by atoms with Crippen LogP contribution in [0.5, 0.6) is 0 Å². The molecule has 0 bridgehead atoms. The van der Waals surface area contributed by atoms with Gasteiger partial charge in [-0.15, -0.1) is 0 Å². The van der Waals surface area contributed by atoms with Crippen molar-refractivity contribution in [1.29, 1.82) is 0 Å². The molecule has 1 aliphatic heterocycles. The maximum atomic E-state index is 5.67. The highest BCUT2D eigenvalue weighted by atomic mass is 15.2. The molecule has 2 rings (SSSR count). The molecule has 1 fully saturated rings. The van der Waals surface area contributed by atoms with Crippen LogP contribution in [0.15, 0.2) is 18.2 Å². The summed E-state index contributed by atoms with van der Waals surface area (Å²) >= 11 is 0. The molecular weight excluding hydrogens is 236 g/mol. The van der Waals surface area contributed by atoms with Crippen LogP contribution in [-0.4, -0.2) is 47.5 Å².